The molecule has 0 amide bonds. The lowest BCUT2D eigenvalue weighted by molar-refractivity contribution is -0.152. The molecule has 4 nitrogen and oxygen atoms in total. The van der Waals surface area contributed by atoms with E-state index in [4.69, 9.17) is 9.47 Å². The summed E-state index contributed by atoms with van der Waals surface area (Å²) in [5, 5.41) is 13.5. The molecule has 144 valence electrons. The van der Waals surface area contributed by atoms with Crippen LogP contribution in [0.4, 0.5) is 0 Å². The Bertz CT molecular complexity index is 1140. The van der Waals surface area contributed by atoms with Crippen LogP contribution in [-0.4, -0.2) is 18.2 Å². The third-order valence-corrected chi connectivity index (χ3v) is 4.93. The Morgan fingerprint density at radius 3 is 2.00 bits per heavy atom. The van der Waals surface area contributed by atoms with E-state index in [0.717, 1.165) is 10.8 Å². The summed E-state index contributed by atoms with van der Waals surface area (Å²) in [5.41, 5.74) is -1.13. The number of carbonyl (C=O) groups is 1. The third kappa shape index (κ3) is 3.58. The van der Waals surface area contributed by atoms with Gasteiger partial charge in [-0.2, -0.15) is 0 Å². The van der Waals surface area contributed by atoms with Crippen LogP contribution in [0.15, 0.2) is 97.1 Å². The fourth-order valence-corrected chi connectivity index (χ4v) is 3.33. The fourth-order valence-electron chi connectivity index (χ4n) is 3.33. The monoisotopic (exact) mass is 384 g/mol. The van der Waals surface area contributed by atoms with E-state index >= 15 is 0 Å². The summed E-state index contributed by atoms with van der Waals surface area (Å²) in [6.45, 7) is 0. The van der Waals surface area contributed by atoms with E-state index in [2.05, 4.69) is 0 Å². The SMILES string of the molecule is COc1ccc([C@](O)(C(=O)Oc2ccc3ccccc3c2)c2ccccc2)cc1. The highest BCUT2D eigenvalue weighted by molar-refractivity contribution is 5.89. The number of carbonyl (C=O) groups excluding carboxylic acids is 1. The molecule has 0 radical (unpaired) electrons. The molecule has 0 aromatic heterocycles. The van der Waals surface area contributed by atoms with Gasteiger partial charge in [0.2, 0.25) is 5.60 Å². The number of esters is 1. The van der Waals surface area contributed by atoms with Crippen LogP contribution in [0.2, 0.25) is 0 Å². The van der Waals surface area contributed by atoms with Gasteiger partial charge < -0.3 is 14.6 Å². The van der Waals surface area contributed by atoms with Crippen molar-refractivity contribution in [3.8, 4) is 11.5 Å². The number of hydrogen-bond acceptors (Lipinski definition) is 4. The summed E-state index contributed by atoms with van der Waals surface area (Å²) < 4.78 is 10.8. The minimum Gasteiger partial charge on any atom is -0.497 e. The van der Waals surface area contributed by atoms with Crippen molar-refractivity contribution in [2.75, 3.05) is 7.11 Å². The second-order valence-electron chi connectivity index (χ2n) is 6.70. The predicted molar refractivity (Wildman–Crippen MR) is 112 cm³/mol. The molecule has 0 spiro atoms. The molecule has 29 heavy (non-hydrogen) atoms. The second-order valence-corrected chi connectivity index (χ2v) is 6.70. The fraction of sp³-hybridized carbons (Fsp3) is 0.0800. The van der Waals surface area contributed by atoms with Crippen LogP contribution in [0.3, 0.4) is 0 Å². The number of fused-ring (bicyclic) bond motifs is 1. The van der Waals surface area contributed by atoms with E-state index in [1.54, 1.807) is 67.8 Å². The Balaban J connectivity index is 1.74. The van der Waals surface area contributed by atoms with Crippen molar-refractivity contribution >= 4 is 16.7 Å². The van der Waals surface area contributed by atoms with Crippen molar-refractivity contribution in [2.24, 2.45) is 0 Å². The average molecular weight is 384 g/mol. The summed E-state index contributed by atoms with van der Waals surface area (Å²) in [4.78, 5) is 13.2. The van der Waals surface area contributed by atoms with Gasteiger partial charge in [0, 0.05) is 0 Å². The highest BCUT2D eigenvalue weighted by Gasteiger charge is 2.42. The summed E-state index contributed by atoms with van der Waals surface area (Å²) in [5.74, 6) is 0.229. The Morgan fingerprint density at radius 1 is 0.724 bits per heavy atom. The van der Waals surface area contributed by atoms with Crippen LogP contribution < -0.4 is 9.47 Å². The van der Waals surface area contributed by atoms with Gasteiger partial charge in [0.15, 0.2) is 0 Å². The first kappa shape index (κ1) is 18.7. The molecule has 4 aromatic carbocycles. The second kappa shape index (κ2) is 7.78. The van der Waals surface area contributed by atoms with Gasteiger partial charge in [-0.05, 0) is 46.2 Å². The molecule has 0 aliphatic rings. The van der Waals surface area contributed by atoms with Crippen LogP contribution >= 0.6 is 0 Å². The van der Waals surface area contributed by atoms with Crippen LogP contribution in [0, 0.1) is 0 Å². The standard InChI is InChI=1S/C25H20O4/c1-28-22-15-12-21(13-16-22)25(27,20-9-3-2-4-10-20)24(26)29-23-14-11-18-7-5-6-8-19(18)17-23/h2-17,27H,1H3/t25-/m0/s1. The van der Waals surface area contributed by atoms with Crippen LogP contribution in [0.25, 0.3) is 10.8 Å². The van der Waals surface area contributed by atoms with Crippen molar-refractivity contribution in [3.05, 3.63) is 108 Å². The summed E-state index contributed by atoms with van der Waals surface area (Å²) in [7, 11) is 1.56. The van der Waals surface area contributed by atoms with Crippen LogP contribution in [0.1, 0.15) is 11.1 Å². The lowest BCUT2D eigenvalue weighted by Crippen LogP contribution is -2.40. The summed E-state index contributed by atoms with van der Waals surface area (Å²) in [6.07, 6.45) is 0. The van der Waals surface area contributed by atoms with Gasteiger partial charge in [0.1, 0.15) is 11.5 Å². The quantitative estimate of drug-likeness (QED) is 0.401. The highest BCUT2D eigenvalue weighted by atomic mass is 16.6. The molecular formula is C25H20O4. The van der Waals surface area contributed by atoms with E-state index in [9.17, 15) is 9.90 Å². The normalized spacial score (nSPS) is 12.9. The topological polar surface area (TPSA) is 55.8 Å². The first-order valence-corrected chi connectivity index (χ1v) is 9.25. The molecule has 0 bridgehead atoms. The van der Waals surface area contributed by atoms with Crippen LogP contribution in [-0.2, 0) is 10.4 Å². The van der Waals surface area contributed by atoms with E-state index in [-0.39, 0.29) is 0 Å². The van der Waals surface area contributed by atoms with E-state index < -0.39 is 11.6 Å². The zero-order valence-electron chi connectivity index (χ0n) is 15.9. The van der Waals surface area contributed by atoms with Crippen molar-refractivity contribution in [1.29, 1.82) is 0 Å². The molecule has 0 saturated carbocycles. The zero-order valence-corrected chi connectivity index (χ0v) is 15.9. The van der Waals surface area contributed by atoms with Gasteiger partial charge in [-0.1, -0.05) is 72.8 Å². The van der Waals surface area contributed by atoms with Gasteiger partial charge in [0.05, 0.1) is 7.11 Å². The number of benzene rings is 4. The third-order valence-electron chi connectivity index (χ3n) is 4.93. The van der Waals surface area contributed by atoms with E-state index in [1.807, 2.05) is 36.4 Å². The van der Waals surface area contributed by atoms with E-state index in [1.165, 1.54) is 0 Å². The molecule has 0 heterocycles. The first-order chi connectivity index (χ1) is 14.1. The van der Waals surface area contributed by atoms with Gasteiger partial charge in [-0.15, -0.1) is 0 Å². The van der Waals surface area contributed by atoms with Gasteiger partial charge >= 0.3 is 5.97 Å². The van der Waals surface area contributed by atoms with Gasteiger partial charge in [-0.25, -0.2) is 4.79 Å². The van der Waals surface area contributed by atoms with E-state index in [0.29, 0.717) is 22.6 Å². The number of methoxy groups -OCH3 is 1. The molecule has 0 saturated heterocycles. The molecule has 1 N–H and O–H groups in total. The maximum absolute atomic E-state index is 13.2. The molecule has 1 atom stereocenters. The number of rotatable bonds is 5. The minimum absolute atomic E-state index is 0.372. The number of aliphatic hydroxyl groups is 1. The maximum Gasteiger partial charge on any atom is 0.353 e. The molecule has 0 fully saturated rings. The van der Waals surface area contributed by atoms with Crippen LogP contribution in [0.5, 0.6) is 11.5 Å². The Kier molecular flexibility index (Phi) is 5.02. The minimum atomic E-state index is -1.96. The summed E-state index contributed by atoms with van der Waals surface area (Å²) in [6, 6.07) is 28.7. The molecule has 4 rings (SSSR count). The Labute approximate surface area is 169 Å². The van der Waals surface area contributed by atoms with Crippen molar-refractivity contribution in [2.45, 2.75) is 5.60 Å². The largest absolute Gasteiger partial charge is 0.497 e. The maximum atomic E-state index is 13.2. The Hall–Kier alpha value is -3.63. The lowest BCUT2D eigenvalue weighted by atomic mass is 9.86. The van der Waals surface area contributed by atoms with Crippen molar-refractivity contribution in [3.63, 3.8) is 0 Å². The average Bonchev–Trinajstić information content (AvgIpc) is 2.79. The molecule has 4 aromatic rings. The van der Waals surface area contributed by atoms with Crippen molar-refractivity contribution < 1.29 is 19.4 Å². The highest BCUT2D eigenvalue weighted by Crippen LogP contribution is 2.33. The molecule has 0 unspecified atom stereocenters. The molecule has 4 heteroatoms. The molecule has 0 aliphatic heterocycles. The zero-order chi connectivity index (χ0) is 20.3. The molecular weight excluding hydrogens is 364 g/mol. The predicted octanol–water partition coefficient (Wildman–Crippen LogP) is 4.69. The molecule has 0 aliphatic carbocycles. The summed E-state index contributed by atoms with van der Waals surface area (Å²) >= 11 is 0. The Morgan fingerprint density at radius 2 is 1.31 bits per heavy atom. The number of hydrogen-bond donors (Lipinski definition) is 1. The first-order valence-electron chi connectivity index (χ1n) is 9.25. The van der Waals surface area contributed by atoms with Crippen molar-refractivity contribution in [1.82, 2.24) is 0 Å². The smallest absolute Gasteiger partial charge is 0.353 e. The number of ether oxygens (including phenoxy) is 2. The van der Waals surface area contributed by atoms with Gasteiger partial charge in [-0.3, -0.25) is 0 Å². The van der Waals surface area contributed by atoms with Gasteiger partial charge in [0.25, 0.3) is 0 Å². The lowest BCUT2D eigenvalue weighted by Gasteiger charge is -2.27.